The van der Waals surface area contributed by atoms with Crippen molar-refractivity contribution in [1.82, 2.24) is 5.32 Å². The van der Waals surface area contributed by atoms with Gasteiger partial charge in [0.2, 0.25) is 0 Å². The van der Waals surface area contributed by atoms with Gasteiger partial charge < -0.3 is 14.8 Å². The fraction of sp³-hybridized carbons (Fsp3) is 0.824. The summed E-state index contributed by atoms with van der Waals surface area (Å²) < 4.78 is 9.92. The van der Waals surface area contributed by atoms with Crippen molar-refractivity contribution in [3.8, 4) is 0 Å². The van der Waals surface area contributed by atoms with E-state index in [1.54, 1.807) is 18.7 Å². The average molecular weight is 359 g/mol. The van der Waals surface area contributed by atoms with Crippen LogP contribution in [0, 0.1) is 5.92 Å². The van der Waals surface area contributed by atoms with Gasteiger partial charge in [0.05, 0.1) is 12.6 Å². The maximum absolute atomic E-state index is 12.5. The van der Waals surface area contributed by atoms with Crippen molar-refractivity contribution in [1.29, 1.82) is 0 Å². The molecule has 4 atom stereocenters. The maximum Gasteiger partial charge on any atom is 0.338 e. The van der Waals surface area contributed by atoms with Crippen LogP contribution in [0.25, 0.3) is 0 Å². The molecular formula is C17H29NO5S. The van der Waals surface area contributed by atoms with Gasteiger partial charge in [0.25, 0.3) is 5.91 Å². The van der Waals surface area contributed by atoms with Crippen molar-refractivity contribution >= 4 is 29.4 Å². The van der Waals surface area contributed by atoms with Gasteiger partial charge in [0.15, 0.2) is 18.0 Å². The molecule has 0 aromatic carbocycles. The summed E-state index contributed by atoms with van der Waals surface area (Å²) in [6, 6.07) is -0.517. The summed E-state index contributed by atoms with van der Waals surface area (Å²) in [4.78, 5) is 36.2. The highest BCUT2D eigenvalue weighted by molar-refractivity contribution is 7.98. The normalized spacial score (nSPS) is 21.7. The van der Waals surface area contributed by atoms with E-state index < -0.39 is 30.1 Å². The largest absolute Gasteiger partial charge is 0.464 e. The number of amides is 1. The highest BCUT2D eigenvalue weighted by Gasteiger charge is 2.52. The molecule has 24 heavy (non-hydrogen) atoms. The number of hydrogen-bond acceptors (Lipinski definition) is 6. The van der Waals surface area contributed by atoms with E-state index in [4.69, 9.17) is 9.47 Å². The van der Waals surface area contributed by atoms with Crippen molar-refractivity contribution in [3.63, 3.8) is 0 Å². The first-order valence-electron chi connectivity index (χ1n) is 8.58. The molecule has 0 saturated carbocycles. The van der Waals surface area contributed by atoms with Gasteiger partial charge in [-0.1, -0.05) is 26.7 Å². The zero-order valence-corrected chi connectivity index (χ0v) is 15.8. The van der Waals surface area contributed by atoms with Crippen LogP contribution < -0.4 is 5.32 Å². The minimum atomic E-state index is -0.833. The van der Waals surface area contributed by atoms with Gasteiger partial charge in [-0.15, -0.1) is 0 Å². The SMILES string of the molecule is CCCC(C)CC(=O)[C@H](CCSC)NC(=O)[C@H]1O[C@@H]1C(=O)OCC. The Morgan fingerprint density at radius 2 is 1.92 bits per heavy atom. The van der Waals surface area contributed by atoms with Gasteiger partial charge in [0, 0.05) is 6.42 Å². The molecule has 1 rings (SSSR count). The lowest BCUT2D eigenvalue weighted by Crippen LogP contribution is -2.44. The van der Waals surface area contributed by atoms with Gasteiger partial charge in [0.1, 0.15) is 0 Å². The van der Waals surface area contributed by atoms with E-state index >= 15 is 0 Å². The van der Waals surface area contributed by atoms with Crippen LogP contribution in [0.2, 0.25) is 0 Å². The number of carbonyl (C=O) groups excluding carboxylic acids is 3. The number of esters is 1. The smallest absolute Gasteiger partial charge is 0.338 e. The van der Waals surface area contributed by atoms with Gasteiger partial charge in [-0.25, -0.2) is 4.79 Å². The Hall–Kier alpha value is -1.08. The van der Waals surface area contributed by atoms with Gasteiger partial charge >= 0.3 is 5.97 Å². The van der Waals surface area contributed by atoms with Crippen LogP contribution in [0.1, 0.15) is 46.5 Å². The molecule has 0 aromatic heterocycles. The number of rotatable bonds is 12. The van der Waals surface area contributed by atoms with Gasteiger partial charge in [-0.2, -0.15) is 11.8 Å². The third-order valence-corrected chi connectivity index (χ3v) is 4.56. The highest BCUT2D eigenvalue weighted by atomic mass is 32.2. The molecule has 1 aliphatic heterocycles. The molecule has 1 heterocycles. The summed E-state index contributed by atoms with van der Waals surface area (Å²) in [6.45, 7) is 6.09. The van der Waals surface area contributed by atoms with Crippen LogP contribution in [0.15, 0.2) is 0 Å². The number of nitrogens with one attached hydrogen (secondary N) is 1. The van der Waals surface area contributed by atoms with E-state index in [-0.39, 0.29) is 12.4 Å². The van der Waals surface area contributed by atoms with Crippen LogP contribution in [-0.2, 0) is 23.9 Å². The second kappa shape index (κ2) is 10.7. The van der Waals surface area contributed by atoms with Crippen LogP contribution in [0.3, 0.4) is 0 Å². The fourth-order valence-electron chi connectivity index (χ4n) is 2.60. The van der Waals surface area contributed by atoms with E-state index in [0.29, 0.717) is 18.8 Å². The van der Waals surface area contributed by atoms with E-state index in [1.807, 2.05) is 6.26 Å². The molecule has 1 unspecified atom stereocenters. The topological polar surface area (TPSA) is 85.0 Å². The summed E-state index contributed by atoms with van der Waals surface area (Å²) in [5.74, 6) is 0.204. The van der Waals surface area contributed by atoms with Crippen LogP contribution >= 0.6 is 11.8 Å². The lowest BCUT2D eigenvalue weighted by molar-refractivity contribution is -0.144. The Balaban J connectivity index is 2.54. The van der Waals surface area contributed by atoms with Crippen LogP contribution in [-0.4, -0.2) is 54.5 Å². The summed E-state index contributed by atoms with van der Waals surface area (Å²) in [7, 11) is 0. The molecule has 7 heteroatoms. The second-order valence-electron chi connectivity index (χ2n) is 6.14. The molecule has 0 spiro atoms. The number of epoxide rings is 1. The molecule has 0 aliphatic carbocycles. The predicted molar refractivity (Wildman–Crippen MR) is 93.9 cm³/mol. The van der Waals surface area contributed by atoms with Gasteiger partial charge in [-0.05, 0) is 31.3 Å². The molecular weight excluding hydrogens is 330 g/mol. The number of hydrogen-bond donors (Lipinski definition) is 1. The summed E-state index contributed by atoms with van der Waals surface area (Å²) in [6.07, 6.45) is 3.37. The van der Waals surface area contributed by atoms with Crippen molar-refractivity contribution in [2.24, 2.45) is 5.92 Å². The molecule has 1 N–H and O–H groups in total. The minimum absolute atomic E-state index is 0.0479. The number of ether oxygens (including phenoxy) is 2. The standard InChI is InChI=1S/C17H29NO5S/c1-5-7-11(3)10-13(19)12(8-9-24-4)18-16(20)14-15(23-14)17(21)22-6-2/h11-12,14-15H,5-10H2,1-4H3,(H,18,20)/t11?,12-,14-,15-/m0/s1. The molecule has 1 fully saturated rings. The lowest BCUT2D eigenvalue weighted by atomic mass is 9.95. The Labute approximate surface area is 148 Å². The highest BCUT2D eigenvalue weighted by Crippen LogP contribution is 2.24. The molecule has 0 aromatic rings. The molecule has 6 nitrogen and oxygen atoms in total. The Kier molecular flexibility index (Phi) is 9.36. The number of ketones is 1. The number of carbonyl (C=O) groups is 3. The first-order valence-corrected chi connectivity index (χ1v) is 9.98. The first kappa shape index (κ1) is 21.0. The number of thioether (sulfide) groups is 1. The minimum Gasteiger partial charge on any atom is -0.464 e. The summed E-state index contributed by atoms with van der Waals surface area (Å²) in [5, 5.41) is 2.75. The number of Topliss-reactive ketones (excluding diaryl/α,β-unsaturated/α-hetero) is 1. The van der Waals surface area contributed by atoms with Crippen LogP contribution in [0.5, 0.6) is 0 Å². The van der Waals surface area contributed by atoms with Crippen molar-refractivity contribution < 1.29 is 23.9 Å². The van der Waals surface area contributed by atoms with Crippen molar-refractivity contribution in [2.45, 2.75) is 64.7 Å². The quantitative estimate of drug-likeness (QED) is 0.423. The van der Waals surface area contributed by atoms with Crippen molar-refractivity contribution in [3.05, 3.63) is 0 Å². The summed E-state index contributed by atoms with van der Waals surface area (Å²) in [5.41, 5.74) is 0. The summed E-state index contributed by atoms with van der Waals surface area (Å²) >= 11 is 1.63. The van der Waals surface area contributed by atoms with E-state index in [9.17, 15) is 14.4 Å². The second-order valence-corrected chi connectivity index (χ2v) is 7.12. The lowest BCUT2D eigenvalue weighted by Gasteiger charge is -2.19. The Bertz CT molecular complexity index is 443. The first-order chi connectivity index (χ1) is 11.4. The molecule has 0 bridgehead atoms. The van der Waals surface area contributed by atoms with E-state index in [2.05, 4.69) is 19.2 Å². The molecule has 1 saturated heterocycles. The Morgan fingerprint density at radius 3 is 2.50 bits per heavy atom. The predicted octanol–water partition coefficient (Wildman–Crippen LogP) is 1.95. The third-order valence-electron chi connectivity index (χ3n) is 3.92. The zero-order chi connectivity index (χ0) is 18.1. The van der Waals surface area contributed by atoms with E-state index in [0.717, 1.165) is 18.6 Å². The third kappa shape index (κ3) is 6.81. The average Bonchev–Trinajstić information content (AvgIpc) is 3.32. The van der Waals surface area contributed by atoms with Gasteiger partial charge in [-0.3, -0.25) is 9.59 Å². The fourth-order valence-corrected chi connectivity index (χ4v) is 3.07. The molecule has 138 valence electrons. The molecule has 1 aliphatic rings. The van der Waals surface area contributed by atoms with Crippen LogP contribution in [0.4, 0.5) is 0 Å². The maximum atomic E-state index is 12.5. The molecule has 0 radical (unpaired) electrons. The molecule has 1 amide bonds. The monoisotopic (exact) mass is 359 g/mol. The van der Waals surface area contributed by atoms with E-state index in [1.165, 1.54) is 0 Å². The zero-order valence-electron chi connectivity index (χ0n) is 15.0. The van der Waals surface area contributed by atoms with Crippen molar-refractivity contribution in [2.75, 3.05) is 18.6 Å². The Morgan fingerprint density at radius 1 is 1.21 bits per heavy atom.